The van der Waals surface area contributed by atoms with Gasteiger partial charge in [0.05, 0.1) is 5.69 Å². The minimum absolute atomic E-state index is 0.0874. The lowest BCUT2D eigenvalue weighted by molar-refractivity contribution is 0.0698. The van der Waals surface area contributed by atoms with Crippen LogP contribution in [-0.2, 0) is 0 Å². The molecule has 0 amide bonds. The van der Waals surface area contributed by atoms with Crippen LogP contribution in [0.5, 0.6) is 5.75 Å². The number of nitrogen functional groups attached to an aromatic ring is 1. The van der Waals surface area contributed by atoms with Crippen LogP contribution < -0.4 is 5.73 Å². The van der Waals surface area contributed by atoms with E-state index in [4.69, 9.17) is 15.9 Å². The predicted molar refractivity (Wildman–Crippen MR) is 60.5 cm³/mol. The van der Waals surface area contributed by atoms with Crippen LogP contribution in [0.15, 0.2) is 30.6 Å². The van der Waals surface area contributed by atoms with Crippen molar-refractivity contribution in [3.05, 3.63) is 36.2 Å². The van der Waals surface area contributed by atoms with Gasteiger partial charge in [-0.3, -0.25) is 0 Å². The number of carboxylic acids is 1. The van der Waals surface area contributed by atoms with Gasteiger partial charge in [-0.1, -0.05) is 0 Å². The van der Waals surface area contributed by atoms with Gasteiger partial charge in [0.2, 0.25) is 0 Å². The van der Waals surface area contributed by atoms with Crippen molar-refractivity contribution >= 4 is 11.8 Å². The molecule has 0 unspecified atom stereocenters. The number of phenolic OH excluding ortho intramolecular Hbond substituents is 1. The molecular formula is C11H9N3O3. The van der Waals surface area contributed by atoms with Crippen molar-refractivity contribution in [1.29, 1.82) is 0 Å². The maximum Gasteiger partial charge on any atom is 0.341 e. The standard InChI is InChI=1S/C11H9N3O3/c12-10-8(11(16)17)9(13-5-14-10)6-1-3-7(15)4-2-6/h1-5,15H,(H,16,17)(H2,12,13,14). The minimum Gasteiger partial charge on any atom is -0.508 e. The van der Waals surface area contributed by atoms with E-state index < -0.39 is 5.97 Å². The molecule has 0 aliphatic rings. The first-order chi connectivity index (χ1) is 8.09. The minimum atomic E-state index is -1.19. The molecule has 86 valence electrons. The van der Waals surface area contributed by atoms with Crippen molar-refractivity contribution in [2.45, 2.75) is 0 Å². The molecule has 0 saturated heterocycles. The normalized spacial score (nSPS) is 10.1. The number of nitrogens with zero attached hydrogens (tertiary/aromatic N) is 2. The fourth-order valence-corrected chi connectivity index (χ4v) is 1.45. The lowest BCUT2D eigenvalue weighted by atomic mass is 10.1. The first-order valence-electron chi connectivity index (χ1n) is 4.72. The Morgan fingerprint density at radius 2 is 1.82 bits per heavy atom. The monoisotopic (exact) mass is 231 g/mol. The van der Waals surface area contributed by atoms with Crippen molar-refractivity contribution < 1.29 is 15.0 Å². The zero-order chi connectivity index (χ0) is 12.4. The van der Waals surface area contributed by atoms with Gasteiger partial charge in [-0.05, 0) is 24.3 Å². The molecule has 2 rings (SSSR count). The Balaban J connectivity index is 2.63. The van der Waals surface area contributed by atoms with Crippen LogP contribution in [0.1, 0.15) is 10.4 Å². The van der Waals surface area contributed by atoms with Crippen LogP contribution in [-0.4, -0.2) is 26.2 Å². The molecular weight excluding hydrogens is 222 g/mol. The lowest BCUT2D eigenvalue weighted by Crippen LogP contribution is -2.08. The largest absolute Gasteiger partial charge is 0.508 e. The van der Waals surface area contributed by atoms with Crippen molar-refractivity contribution in [1.82, 2.24) is 9.97 Å². The SMILES string of the molecule is Nc1ncnc(-c2ccc(O)cc2)c1C(=O)O. The number of hydrogen-bond acceptors (Lipinski definition) is 5. The van der Waals surface area contributed by atoms with E-state index in [0.29, 0.717) is 5.56 Å². The maximum atomic E-state index is 11.1. The summed E-state index contributed by atoms with van der Waals surface area (Å²) in [6.07, 6.45) is 1.20. The summed E-state index contributed by atoms with van der Waals surface area (Å²) in [6.45, 7) is 0. The predicted octanol–water partition coefficient (Wildman–Crippen LogP) is 1.13. The highest BCUT2D eigenvalue weighted by Gasteiger charge is 2.17. The highest BCUT2D eigenvalue weighted by Crippen LogP contribution is 2.25. The van der Waals surface area contributed by atoms with Crippen LogP contribution in [0.25, 0.3) is 11.3 Å². The fraction of sp³-hybridized carbons (Fsp3) is 0. The Kier molecular flexibility index (Phi) is 2.61. The van der Waals surface area contributed by atoms with Gasteiger partial charge < -0.3 is 15.9 Å². The third-order valence-corrected chi connectivity index (χ3v) is 2.23. The quantitative estimate of drug-likeness (QED) is 0.714. The van der Waals surface area contributed by atoms with E-state index in [1.165, 1.54) is 18.5 Å². The second-order valence-corrected chi connectivity index (χ2v) is 3.33. The zero-order valence-corrected chi connectivity index (χ0v) is 8.66. The van der Waals surface area contributed by atoms with Crippen LogP contribution in [0.4, 0.5) is 5.82 Å². The summed E-state index contributed by atoms with van der Waals surface area (Å²) in [5.41, 5.74) is 6.14. The Hall–Kier alpha value is -2.63. The summed E-state index contributed by atoms with van der Waals surface area (Å²) >= 11 is 0. The Labute approximate surface area is 96.4 Å². The maximum absolute atomic E-state index is 11.1. The number of phenols is 1. The number of nitrogens with two attached hydrogens (primary N) is 1. The van der Waals surface area contributed by atoms with E-state index in [2.05, 4.69) is 9.97 Å². The summed E-state index contributed by atoms with van der Waals surface area (Å²) < 4.78 is 0. The first kappa shape index (κ1) is 10.9. The average molecular weight is 231 g/mol. The van der Waals surface area contributed by atoms with Gasteiger partial charge in [0.1, 0.15) is 23.5 Å². The third kappa shape index (κ3) is 2.00. The van der Waals surface area contributed by atoms with E-state index in [9.17, 15) is 4.79 Å². The molecule has 0 aliphatic carbocycles. The molecule has 0 bridgehead atoms. The zero-order valence-electron chi connectivity index (χ0n) is 8.66. The lowest BCUT2D eigenvalue weighted by Gasteiger charge is -2.06. The summed E-state index contributed by atoms with van der Waals surface area (Å²) in [4.78, 5) is 18.6. The molecule has 1 aromatic heterocycles. The topological polar surface area (TPSA) is 109 Å². The van der Waals surface area contributed by atoms with Gasteiger partial charge in [-0.2, -0.15) is 0 Å². The van der Waals surface area contributed by atoms with E-state index in [1.807, 2.05) is 0 Å². The average Bonchev–Trinajstić information content (AvgIpc) is 2.29. The number of carbonyl (C=O) groups is 1. The van der Waals surface area contributed by atoms with Gasteiger partial charge >= 0.3 is 5.97 Å². The number of carboxylic acid groups (broad SMARTS) is 1. The van der Waals surface area contributed by atoms with Gasteiger partial charge in [0.25, 0.3) is 0 Å². The number of hydrogen-bond donors (Lipinski definition) is 3. The molecule has 1 aromatic carbocycles. The summed E-state index contributed by atoms with van der Waals surface area (Å²) in [5, 5.41) is 18.2. The Morgan fingerprint density at radius 3 is 2.41 bits per heavy atom. The van der Waals surface area contributed by atoms with Gasteiger partial charge in [-0.15, -0.1) is 0 Å². The van der Waals surface area contributed by atoms with Crippen LogP contribution >= 0.6 is 0 Å². The molecule has 0 aliphatic heterocycles. The Morgan fingerprint density at radius 1 is 1.18 bits per heavy atom. The number of benzene rings is 1. The molecule has 6 nitrogen and oxygen atoms in total. The second-order valence-electron chi connectivity index (χ2n) is 3.33. The molecule has 4 N–H and O–H groups in total. The number of aromatic hydroxyl groups is 1. The fourth-order valence-electron chi connectivity index (χ4n) is 1.45. The third-order valence-electron chi connectivity index (χ3n) is 2.23. The number of aromatic nitrogens is 2. The Bertz CT molecular complexity index is 567. The number of anilines is 1. The van der Waals surface area contributed by atoms with E-state index >= 15 is 0 Å². The molecule has 1 heterocycles. The van der Waals surface area contributed by atoms with Crippen molar-refractivity contribution in [3.8, 4) is 17.0 Å². The van der Waals surface area contributed by atoms with Crippen LogP contribution in [0.2, 0.25) is 0 Å². The smallest absolute Gasteiger partial charge is 0.341 e. The summed E-state index contributed by atoms with van der Waals surface area (Å²) in [5.74, 6) is -1.19. The van der Waals surface area contributed by atoms with E-state index in [1.54, 1.807) is 12.1 Å². The molecule has 0 atom stereocenters. The van der Waals surface area contributed by atoms with E-state index in [-0.39, 0.29) is 22.8 Å². The van der Waals surface area contributed by atoms with Gasteiger partial charge in [0, 0.05) is 5.56 Å². The summed E-state index contributed by atoms with van der Waals surface area (Å²) in [6, 6.07) is 6.01. The molecule has 2 aromatic rings. The van der Waals surface area contributed by atoms with Gasteiger partial charge in [0.15, 0.2) is 0 Å². The molecule has 0 saturated carbocycles. The van der Waals surface area contributed by atoms with E-state index in [0.717, 1.165) is 0 Å². The molecule has 0 radical (unpaired) electrons. The second kappa shape index (κ2) is 4.09. The van der Waals surface area contributed by atoms with Crippen molar-refractivity contribution in [2.24, 2.45) is 0 Å². The van der Waals surface area contributed by atoms with Crippen molar-refractivity contribution in [3.63, 3.8) is 0 Å². The van der Waals surface area contributed by atoms with Crippen LogP contribution in [0, 0.1) is 0 Å². The molecule has 6 heteroatoms. The molecule has 0 spiro atoms. The van der Waals surface area contributed by atoms with Crippen LogP contribution in [0.3, 0.4) is 0 Å². The highest BCUT2D eigenvalue weighted by molar-refractivity contribution is 5.99. The highest BCUT2D eigenvalue weighted by atomic mass is 16.4. The molecule has 17 heavy (non-hydrogen) atoms. The molecule has 0 fully saturated rings. The summed E-state index contributed by atoms with van der Waals surface area (Å²) in [7, 11) is 0. The number of rotatable bonds is 2. The van der Waals surface area contributed by atoms with Crippen molar-refractivity contribution in [2.75, 3.05) is 5.73 Å². The number of aromatic carboxylic acids is 1. The first-order valence-corrected chi connectivity index (χ1v) is 4.72. The van der Waals surface area contributed by atoms with Gasteiger partial charge in [-0.25, -0.2) is 14.8 Å².